The number of benzene rings is 3. The minimum Gasteiger partial charge on any atom is -0.406 e. The van der Waals surface area contributed by atoms with Crippen molar-refractivity contribution < 1.29 is 27.1 Å². The van der Waals surface area contributed by atoms with Crippen LogP contribution in [0, 0.1) is 5.82 Å². The largest absolute Gasteiger partial charge is 0.573 e. The zero-order valence-corrected chi connectivity index (χ0v) is 17.5. The monoisotopic (exact) mass is 456 g/mol. The summed E-state index contributed by atoms with van der Waals surface area (Å²) in [5.41, 5.74) is 2.08. The van der Waals surface area contributed by atoms with E-state index >= 15 is 0 Å². The number of anilines is 1. The lowest BCUT2D eigenvalue weighted by atomic mass is 10.1. The van der Waals surface area contributed by atoms with E-state index in [1.807, 2.05) is 37.3 Å². The Bertz CT molecular complexity index is 1160. The van der Waals surface area contributed by atoms with E-state index in [2.05, 4.69) is 10.1 Å². The van der Waals surface area contributed by atoms with E-state index in [0.29, 0.717) is 16.9 Å². The van der Waals surface area contributed by atoms with Crippen LogP contribution in [0.25, 0.3) is 0 Å². The SMILES string of the molecule is C[C@@H](NC1=CC(c2cccc(OC(F)(F)F)c2)N(c2ccc(F)cc2)C1=O)c1ccccc1. The third kappa shape index (κ3) is 5.16. The number of halogens is 4. The zero-order chi connectivity index (χ0) is 23.6. The van der Waals surface area contributed by atoms with Crippen LogP contribution in [0.1, 0.15) is 30.1 Å². The number of nitrogens with zero attached hydrogens (tertiary/aromatic N) is 1. The van der Waals surface area contributed by atoms with Crippen LogP contribution in [0.15, 0.2) is 90.6 Å². The van der Waals surface area contributed by atoms with Gasteiger partial charge in [-0.3, -0.25) is 9.69 Å². The predicted octanol–water partition coefficient (Wildman–Crippen LogP) is 6.05. The fraction of sp³-hybridized carbons (Fsp3) is 0.160. The number of rotatable bonds is 6. The van der Waals surface area contributed by atoms with Crippen LogP contribution in [0.5, 0.6) is 5.75 Å². The van der Waals surface area contributed by atoms with Crippen molar-refractivity contribution in [2.45, 2.75) is 25.4 Å². The van der Waals surface area contributed by atoms with Crippen LogP contribution in [-0.4, -0.2) is 12.3 Å². The Morgan fingerprint density at radius 2 is 1.67 bits per heavy atom. The van der Waals surface area contributed by atoms with Crippen molar-refractivity contribution in [1.82, 2.24) is 5.32 Å². The van der Waals surface area contributed by atoms with E-state index in [9.17, 15) is 22.4 Å². The molecule has 0 saturated carbocycles. The van der Waals surface area contributed by atoms with E-state index in [0.717, 1.165) is 5.56 Å². The molecule has 0 aromatic heterocycles. The molecule has 4 nitrogen and oxygen atoms in total. The number of ether oxygens (including phenoxy) is 1. The first-order chi connectivity index (χ1) is 15.7. The van der Waals surface area contributed by atoms with Gasteiger partial charge in [0, 0.05) is 11.7 Å². The van der Waals surface area contributed by atoms with Crippen LogP contribution in [0.2, 0.25) is 0 Å². The molecule has 0 saturated heterocycles. The zero-order valence-electron chi connectivity index (χ0n) is 17.5. The van der Waals surface area contributed by atoms with Gasteiger partial charge in [-0.2, -0.15) is 0 Å². The van der Waals surface area contributed by atoms with E-state index < -0.39 is 18.2 Å². The summed E-state index contributed by atoms with van der Waals surface area (Å²) in [6.07, 6.45) is -3.19. The second-order valence-corrected chi connectivity index (χ2v) is 7.57. The molecular weight excluding hydrogens is 436 g/mol. The van der Waals surface area contributed by atoms with Crippen molar-refractivity contribution in [2.24, 2.45) is 0 Å². The van der Waals surface area contributed by atoms with Gasteiger partial charge >= 0.3 is 6.36 Å². The summed E-state index contributed by atoms with van der Waals surface area (Å²) in [7, 11) is 0. The number of carbonyl (C=O) groups is 1. The van der Waals surface area contributed by atoms with E-state index in [4.69, 9.17) is 0 Å². The Morgan fingerprint density at radius 3 is 2.33 bits per heavy atom. The Balaban J connectivity index is 1.70. The first-order valence-corrected chi connectivity index (χ1v) is 10.2. The Hall–Kier alpha value is -3.81. The van der Waals surface area contributed by atoms with E-state index in [1.54, 1.807) is 12.1 Å². The standard InChI is InChI=1S/C25H20F4N2O2/c1-16(17-6-3-2-4-7-17)30-22-15-23(18-8-5-9-21(14-18)33-25(27,28)29)31(24(22)32)20-12-10-19(26)11-13-20/h2-16,23,30H,1H3/t16-,23?/m1/s1. The van der Waals surface area contributed by atoms with Crippen molar-refractivity contribution in [3.63, 3.8) is 0 Å². The fourth-order valence-electron chi connectivity index (χ4n) is 3.75. The molecule has 8 heteroatoms. The highest BCUT2D eigenvalue weighted by Gasteiger charge is 2.36. The molecule has 1 heterocycles. The third-order valence-corrected chi connectivity index (χ3v) is 5.26. The summed E-state index contributed by atoms with van der Waals surface area (Å²) >= 11 is 0. The van der Waals surface area contributed by atoms with Gasteiger partial charge in [-0.05, 0) is 60.5 Å². The highest BCUT2D eigenvalue weighted by atomic mass is 19.4. The van der Waals surface area contributed by atoms with Crippen LogP contribution in [-0.2, 0) is 4.79 Å². The van der Waals surface area contributed by atoms with Gasteiger partial charge in [0.2, 0.25) is 0 Å². The van der Waals surface area contributed by atoms with Crippen molar-refractivity contribution in [2.75, 3.05) is 4.90 Å². The molecule has 1 unspecified atom stereocenters. The van der Waals surface area contributed by atoms with Gasteiger partial charge in [-0.25, -0.2) is 4.39 Å². The summed E-state index contributed by atoms with van der Waals surface area (Å²) in [5.74, 6) is -1.23. The molecule has 0 fully saturated rings. The van der Waals surface area contributed by atoms with Gasteiger partial charge in [-0.15, -0.1) is 13.2 Å². The normalized spacial score (nSPS) is 17.0. The highest BCUT2D eigenvalue weighted by Crippen LogP contribution is 2.37. The average Bonchev–Trinajstić information content (AvgIpc) is 3.10. The Morgan fingerprint density at radius 1 is 0.970 bits per heavy atom. The van der Waals surface area contributed by atoms with Crippen molar-refractivity contribution in [3.05, 3.63) is 108 Å². The molecule has 3 aromatic carbocycles. The first-order valence-electron chi connectivity index (χ1n) is 10.2. The molecule has 1 aliphatic heterocycles. The van der Waals surface area contributed by atoms with Crippen molar-refractivity contribution in [1.29, 1.82) is 0 Å². The number of nitrogens with one attached hydrogen (secondary N) is 1. The predicted molar refractivity (Wildman–Crippen MR) is 116 cm³/mol. The van der Waals surface area contributed by atoms with Gasteiger partial charge in [0.15, 0.2) is 0 Å². The average molecular weight is 456 g/mol. The van der Waals surface area contributed by atoms with E-state index in [1.165, 1.54) is 47.4 Å². The molecule has 0 bridgehead atoms. The molecule has 2 atom stereocenters. The summed E-state index contributed by atoms with van der Waals surface area (Å²) < 4.78 is 55.7. The molecule has 1 aliphatic rings. The van der Waals surface area contributed by atoms with Crippen molar-refractivity contribution >= 4 is 11.6 Å². The van der Waals surface area contributed by atoms with Gasteiger partial charge in [0.25, 0.3) is 5.91 Å². The fourth-order valence-corrected chi connectivity index (χ4v) is 3.75. The molecule has 4 rings (SSSR count). The molecule has 0 aliphatic carbocycles. The molecule has 33 heavy (non-hydrogen) atoms. The maximum atomic E-state index is 13.5. The molecule has 0 radical (unpaired) electrons. The molecule has 170 valence electrons. The van der Waals surface area contributed by atoms with Gasteiger partial charge in [-0.1, -0.05) is 42.5 Å². The number of amides is 1. The second kappa shape index (κ2) is 8.97. The first kappa shape index (κ1) is 22.4. The van der Waals surface area contributed by atoms with Gasteiger partial charge in [0.05, 0.1) is 11.7 Å². The maximum absolute atomic E-state index is 13.5. The number of carbonyl (C=O) groups excluding carboxylic acids is 1. The maximum Gasteiger partial charge on any atom is 0.573 e. The second-order valence-electron chi connectivity index (χ2n) is 7.57. The summed E-state index contributed by atoms with van der Waals surface area (Å²) in [6.45, 7) is 1.90. The smallest absolute Gasteiger partial charge is 0.406 e. The van der Waals surface area contributed by atoms with Crippen LogP contribution >= 0.6 is 0 Å². The van der Waals surface area contributed by atoms with Gasteiger partial charge in [0.1, 0.15) is 11.6 Å². The van der Waals surface area contributed by atoms with Crippen LogP contribution in [0.3, 0.4) is 0 Å². The van der Waals surface area contributed by atoms with Crippen LogP contribution < -0.4 is 15.0 Å². The minimum absolute atomic E-state index is 0.199. The van der Waals surface area contributed by atoms with Gasteiger partial charge < -0.3 is 10.1 Å². The number of hydrogen-bond acceptors (Lipinski definition) is 3. The Kier molecular flexibility index (Phi) is 6.09. The lowest BCUT2D eigenvalue weighted by molar-refractivity contribution is -0.274. The minimum atomic E-state index is -4.84. The molecule has 1 N–H and O–H groups in total. The number of alkyl halides is 3. The topological polar surface area (TPSA) is 41.6 Å². The summed E-state index contributed by atoms with van der Waals surface area (Å²) in [4.78, 5) is 14.8. The number of hydrogen-bond donors (Lipinski definition) is 1. The molecule has 1 amide bonds. The quantitative estimate of drug-likeness (QED) is 0.460. The van der Waals surface area contributed by atoms with E-state index in [-0.39, 0.29) is 17.7 Å². The molecular formula is C25H20F4N2O2. The Labute approximate surface area is 188 Å². The summed E-state index contributed by atoms with van der Waals surface area (Å²) in [6, 6.07) is 19.4. The highest BCUT2D eigenvalue weighted by molar-refractivity contribution is 6.08. The molecule has 0 spiro atoms. The summed E-state index contributed by atoms with van der Waals surface area (Å²) in [5, 5.41) is 3.19. The molecule has 3 aromatic rings. The van der Waals surface area contributed by atoms with Crippen molar-refractivity contribution in [3.8, 4) is 5.75 Å². The lowest BCUT2D eigenvalue weighted by Gasteiger charge is -2.26. The van der Waals surface area contributed by atoms with Crippen LogP contribution in [0.4, 0.5) is 23.2 Å². The lowest BCUT2D eigenvalue weighted by Crippen LogP contribution is -2.33. The third-order valence-electron chi connectivity index (χ3n) is 5.26.